The van der Waals surface area contributed by atoms with Crippen LogP contribution in [0.3, 0.4) is 0 Å². The van der Waals surface area contributed by atoms with Gasteiger partial charge in [-0.25, -0.2) is 4.98 Å². The maximum absolute atomic E-state index is 9.90. The van der Waals surface area contributed by atoms with Crippen LogP contribution in [-0.2, 0) is 13.1 Å². The molecule has 1 fully saturated rings. The molecular formula is C23H29N3O2. The van der Waals surface area contributed by atoms with Crippen molar-refractivity contribution < 1.29 is 9.84 Å². The normalized spacial score (nSPS) is 15.0. The molecule has 2 aromatic carbocycles. The van der Waals surface area contributed by atoms with Crippen LogP contribution in [0.5, 0.6) is 11.5 Å². The van der Waals surface area contributed by atoms with Crippen LogP contribution < -0.4 is 4.74 Å². The quantitative estimate of drug-likeness (QED) is 0.635. The Labute approximate surface area is 166 Å². The Morgan fingerprint density at radius 2 is 1.93 bits per heavy atom. The van der Waals surface area contributed by atoms with E-state index in [2.05, 4.69) is 40.7 Å². The second-order valence-corrected chi connectivity index (χ2v) is 7.62. The molecule has 1 aromatic heterocycles. The zero-order chi connectivity index (χ0) is 19.5. The molecule has 0 atom stereocenters. The van der Waals surface area contributed by atoms with Crippen LogP contribution in [0, 0.1) is 0 Å². The molecule has 1 N–H and O–H groups in total. The highest BCUT2D eigenvalue weighted by Crippen LogP contribution is 2.34. The third-order valence-corrected chi connectivity index (χ3v) is 5.83. The number of fused-ring (bicyclic) bond motifs is 1. The molecule has 1 aliphatic rings. The Hall–Kier alpha value is -2.53. The topological polar surface area (TPSA) is 50.5 Å². The Kier molecular flexibility index (Phi) is 5.53. The Morgan fingerprint density at radius 1 is 1.14 bits per heavy atom. The van der Waals surface area contributed by atoms with Crippen molar-refractivity contribution in [1.29, 1.82) is 0 Å². The van der Waals surface area contributed by atoms with Crippen LogP contribution in [0.2, 0.25) is 0 Å². The average Bonchev–Trinajstić information content (AvgIpc) is 3.34. The molecule has 148 valence electrons. The predicted molar refractivity (Wildman–Crippen MR) is 112 cm³/mol. The second-order valence-electron chi connectivity index (χ2n) is 7.62. The number of aromatic hydroxyl groups is 1. The third-order valence-electron chi connectivity index (χ3n) is 5.83. The number of rotatable bonds is 7. The van der Waals surface area contributed by atoms with Gasteiger partial charge >= 0.3 is 0 Å². The number of phenols is 1. The molecule has 5 nitrogen and oxygen atoms in total. The number of phenolic OH excluding ortho intramolecular Hbond substituents is 1. The van der Waals surface area contributed by atoms with Crippen molar-refractivity contribution in [3.05, 3.63) is 53.9 Å². The molecule has 1 saturated carbocycles. The maximum Gasteiger partial charge on any atom is 0.124 e. The molecule has 0 amide bonds. The molecule has 5 heteroatoms. The largest absolute Gasteiger partial charge is 0.508 e. The molecule has 1 aliphatic carbocycles. The van der Waals surface area contributed by atoms with Crippen molar-refractivity contribution in [1.82, 2.24) is 14.5 Å². The summed E-state index contributed by atoms with van der Waals surface area (Å²) in [5.74, 6) is 2.21. The van der Waals surface area contributed by atoms with Crippen molar-refractivity contribution in [3.8, 4) is 11.5 Å². The zero-order valence-electron chi connectivity index (χ0n) is 16.8. The summed E-state index contributed by atoms with van der Waals surface area (Å²) in [6.07, 6.45) is 5.07. The lowest BCUT2D eigenvalue weighted by atomic mass is 10.1. The third kappa shape index (κ3) is 3.72. The number of para-hydroxylation sites is 2. The second kappa shape index (κ2) is 8.23. The number of benzene rings is 2. The summed E-state index contributed by atoms with van der Waals surface area (Å²) in [7, 11) is 1.67. The Bertz CT molecular complexity index is 944. The highest BCUT2D eigenvalue weighted by Gasteiger charge is 2.23. The summed E-state index contributed by atoms with van der Waals surface area (Å²) in [5.41, 5.74) is 3.32. The van der Waals surface area contributed by atoms with E-state index in [4.69, 9.17) is 9.72 Å². The molecule has 0 unspecified atom stereocenters. The number of imidazole rings is 1. The fraction of sp³-hybridized carbons (Fsp3) is 0.435. The average molecular weight is 380 g/mol. The molecule has 4 rings (SSSR count). The lowest BCUT2D eigenvalue weighted by Gasteiger charge is -2.24. The number of aromatic nitrogens is 2. The summed E-state index contributed by atoms with van der Waals surface area (Å²) in [4.78, 5) is 7.34. The van der Waals surface area contributed by atoms with Crippen LogP contribution in [0.25, 0.3) is 11.0 Å². The SMILES string of the molecule is CCN(Cc1cc(O)ccc1OC)Cc1nc2ccccc2n1C1CCCC1. The fourth-order valence-corrected chi connectivity index (χ4v) is 4.38. The molecule has 28 heavy (non-hydrogen) atoms. The van der Waals surface area contributed by atoms with Crippen LogP contribution in [0.15, 0.2) is 42.5 Å². The number of hydrogen-bond acceptors (Lipinski definition) is 4. The van der Waals surface area contributed by atoms with E-state index in [1.54, 1.807) is 19.2 Å². The fourth-order valence-electron chi connectivity index (χ4n) is 4.38. The standard InChI is InChI=1S/C23H29N3O2/c1-3-25(15-17-14-19(27)12-13-22(17)28-2)16-23-24-20-10-6-7-11-21(20)26(23)18-8-4-5-9-18/h6-7,10-14,18,27H,3-5,8-9,15-16H2,1-2H3. The monoisotopic (exact) mass is 379 g/mol. The van der Waals surface area contributed by atoms with Gasteiger partial charge in [0.05, 0.1) is 24.7 Å². The minimum absolute atomic E-state index is 0.269. The van der Waals surface area contributed by atoms with Crippen molar-refractivity contribution in [2.75, 3.05) is 13.7 Å². The van der Waals surface area contributed by atoms with E-state index in [0.717, 1.165) is 35.7 Å². The molecule has 0 radical (unpaired) electrons. The summed E-state index contributed by atoms with van der Waals surface area (Å²) >= 11 is 0. The van der Waals surface area contributed by atoms with Crippen molar-refractivity contribution in [3.63, 3.8) is 0 Å². The molecule has 0 saturated heterocycles. The highest BCUT2D eigenvalue weighted by atomic mass is 16.5. The molecular weight excluding hydrogens is 350 g/mol. The van der Waals surface area contributed by atoms with Crippen LogP contribution in [0.4, 0.5) is 0 Å². The van der Waals surface area contributed by atoms with Gasteiger partial charge in [0.25, 0.3) is 0 Å². The van der Waals surface area contributed by atoms with Gasteiger partial charge in [0, 0.05) is 18.2 Å². The number of hydrogen-bond donors (Lipinski definition) is 1. The molecule has 3 aromatic rings. The first-order valence-electron chi connectivity index (χ1n) is 10.2. The smallest absolute Gasteiger partial charge is 0.124 e. The minimum Gasteiger partial charge on any atom is -0.508 e. The number of methoxy groups -OCH3 is 1. The van der Waals surface area contributed by atoms with Crippen LogP contribution in [0.1, 0.15) is 50.0 Å². The minimum atomic E-state index is 0.269. The first-order chi connectivity index (χ1) is 13.7. The summed E-state index contributed by atoms with van der Waals surface area (Å²) in [5, 5.41) is 9.90. The van der Waals surface area contributed by atoms with E-state index >= 15 is 0 Å². The first kappa shape index (κ1) is 18.8. The van der Waals surface area contributed by atoms with Crippen molar-refractivity contribution in [2.24, 2.45) is 0 Å². The van der Waals surface area contributed by atoms with Crippen molar-refractivity contribution >= 4 is 11.0 Å². The molecule has 0 spiro atoms. The summed E-state index contributed by atoms with van der Waals surface area (Å²) in [6, 6.07) is 14.3. The first-order valence-corrected chi connectivity index (χ1v) is 10.2. The lowest BCUT2D eigenvalue weighted by Crippen LogP contribution is -2.25. The Balaban J connectivity index is 1.64. The van der Waals surface area contributed by atoms with Gasteiger partial charge in [0.15, 0.2) is 0 Å². The van der Waals surface area contributed by atoms with E-state index in [9.17, 15) is 5.11 Å². The van der Waals surface area contributed by atoms with Crippen molar-refractivity contribution in [2.45, 2.75) is 51.7 Å². The van der Waals surface area contributed by atoms with Gasteiger partial charge in [-0.3, -0.25) is 4.90 Å². The molecule has 0 aliphatic heterocycles. The van der Waals surface area contributed by atoms with Crippen LogP contribution in [-0.4, -0.2) is 33.2 Å². The number of nitrogens with zero attached hydrogens (tertiary/aromatic N) is 3. The maximum atomic E-state index is 9.90. The Morgan fingerprint density at radius 3 is 2.68 bits per heavy atom. The van der Waals surface area contributed by atoms with E-state index in [1.807, 2.05) is 6.07 Å². The van der Waals surface area contributed by atoms with Gasteiger partial charge < -0.3 is 14.4 Å². The highest BCUT2D eigenvalue weighted by molar-refractivity contribution is 5.76. The predicted octanol–water partition coefficient (Wildman–Crippen LogP) is 4.89. The van der Waals surface area contributed by atoms with Gasteiger partial charge in [-0.1, -0.05) is 31.9 Å². The molecule has 0 bridgehead atoms. The summed E-state index contributed by atoms with van der Waals surface area (Å²) < 4.78 is 7.97. The van der Waals surface area contributed by atoms with E-state index in [0.29, 0.717) is 12.6 Å². The van der Waals surface area contributed by atoms with Gasteiger partial charge in [-0.2, -0.15) is 0 Å². The van der Waals surface area contributed by atoms with Gasteiger partial charge in [-0.05, 0) is 49.7 Å². The zero-order valence-corrected chi connectivity index (χ0v) is 16.8. The van der Waals surface area contributed by atoms with Gasteiger partial charge in [0.2, 0.25) is 0 Å². The van der Waals surface area contributed by atoms with E-state index in [1.165, 1.54) is 31.2 Å². The van der Waals surface area contributed by atoms with E-state index in [-0.39, 0.29) is 5.75 Å². The number of ether oxygens (including phenoxy) is 1. The molecule has 1 heterocycles. The van der Waals surface area contributed by atoms with Crippen LogP contribution >= 0.6 is 0 Å². The summed E-state index contributed by atoms with van der Waals surface area (Å²) in [6.45, 7) is 4.55. The van der Waals surface area contributed by atoms with E-state index < -0.39 is 0 Å². The van der Waals surface area contributed by atoms with Gasteiger partial charge in [0.1, 0.15) is 17.3 Å². The lowest BCUT2D eigenvalue weighted by molar-refractivity contribution is 0.253. The van der Waals surface area contributed by atoms with Gasteiger partial charge in [-0.15, -0.1) is 0 Å².